The van der Waals surface area contributed by atoms with Gasteiger partial charge in [-0.2, -0.15) is 0 Å². The highest BCUT2D eigenvalue weighted by Crippen LogP contribution is 2.36. The van der Waals surface area contributed by atoms with Crippen molar-refractivity contribution in [3.05, 3.63) is 30.5 Å². The Hall–Kier alpha value is -1.95. The number of nitrogens with two attached hydrogens (primary N) is 1. The number of hydrogen-bond acceptors (Lipinski definition) is 6. The van der Waals surface area contributed by atoms with Gasteiger partial charge in [0.25, 0.3) is 0 Å². The summed E-state index contributed by atoms with van der Waals surface area (Å²) in [6.45, 7) is 1.18. The van der Waals surface area contributed by atoms with Gasteiger partial charge >= 0.3 is 0 Å². The zero-order valence-electron chi connectivity index (χ0n) is 9.50. The summed E-state index contributed by atoms with van der Waals surface area (Å²) in [7, 11) is 0. The highest BCUT2D eigenvalue weighted by molar-refractivity contribution is 7.99. The normalized spacial score (nSPS) is 13.3. The van der Waals surface area contributed by atoms with E-state index in [1.54, 1.807) is 6.20 Å². The first-order valence-electron chi connectivity index (χ1n) is 5.47. The lowest BCUT2D eigenvalue weighted by Gasteiger charge is -2.18. The van der Waals surface area contributed by atoms with Gasteiger partial charge < -0.3 is 15.2 Å². The summed E-state index contributed by atoms with van der Waals surface area (Å²) in [5.74, 6) is 1.83. The third-order valence-electron chi connectivity index (χ3n) is 2.38. The van der Waals surface area contributed by atoms with Crippen molar-refractivity contribution in [1.29, 1.82) is 0 Å². The Morgan fingerprint density at radius 3 is 2.78 bits per heavy atom. The number of aromatic nitrogens is 2. The smallest absolute Gasteiger partial charge is 0.221 e. The third kappa shape index (κ3) is 2.33. The van der Waals surface area contributed by atoms with Gasteiger partial charge in [0.15, 0.2) is 11.5 Å². The summed E-state index contributed by atoms with van der Waals surface area (Å²) in [6.07, 6.45) is 1.64. The highest BCUT2D eigenvalue weighted by Gasteiger charge is 2.12. The van der Waals surface area contributed by atoms with E-state index in [9.17, 15) is 0 Å². The summed E-state index contributed by atoms with van der Waals surface area (Å²) in [5, 5.41) is 0.805. The molecule has 92 valence electrons. The average Bonchev–Trinajstić information content (AvgIpc) is 2.39. The zero-order chi connectivity index (χ0) is 12.4. The van der Waals surface area contributed by atoms with Gasteiger partial charge in [0, 0.05) is 11.1 Å². The molecule has 2 N–H and O–H groups in total. The maximum atomic E-state index is 5.54. The van der Waals surface area contributed by atoms with Crippen molar-refractivity contribution in [1.82, 2.24) is 9.97 Å². The molecular formula is C12H11N3O2S. The van der Waals surface area contributed by atoms with E-state index in [1.807, 2.05) is 24.3 Å². The predicted molar refractivity (Wildman–Crippen MR) is 68.0 cm³/mol. The van der Waals surface area contributed by atoms with E-state index in [2.05, 4.69) is 9.97 Å². The summed E-state index contributed by atoms with van der Waals surface area (Å²) < 4.78 is 11.0. The lowest BCUT2D eigenvalue weighted by molar-refractivity contribution is 0.171. The molecule has 0 atom stereocenters. The molecule has 3 rings (SSSR count). The maximum Gasteiger partial charge on any atom is 0.221 e. The molecule has 0 saturated carbocycles. The third-order valence-corrected chi connectivity index (χ3v) is 3.31. The molecule has 6 heteroatoms. The molecule has 0 fully saturated rings. The Bertz CT molecular complexity index is 577. The molecule has 0 saturated heterocycles. The van der Waals surface area contributed by atoms with Crippen molar-refractivity contribution in [3.8, 4) is 11.5 Å². The second-order valence-electron chi connectivity index (χ2n) is 3.66. The number of rotatable bonds is 2. The fraction of sp³-hybridized carbons (Fsp3) is 0.167. The zero-order valence-corrected chi connectivity index (χ0v) is 10.3. The van der Waals surface area contributed by atoms with Crippen molar-refractivity contribution in [2.75, 3.05) is 18.9 Å². The van der Waals surface area contributed by atoms with Crippen LogP contribution >= 0.6 is 11.8 Å². The van der Waals surface area contributed by atoms with E-state index in [0.29, 0.717) is 13.2 Å². The van der Waals surface area contributed by atoms with E-state index in [1.165, 1.54) is 11.8 Å². The second-order valence-corrected chi connectivity index (χ2v) is 4.75. The van der Waals surface area contributed by atoms with Crippen molar-refractivity contribution in [2.24, 2.45) is 0 Å². The topological polar surface area (TPSA) is 70.3 Å². The lowest BCUT2D eigenvalue weighted by Crippen LogP contribution is -2.15. The van der Waals surface area contributed by atoms with Gasteiger partial charge in [0.05, 0.1) is 0 Å². The molecular weight excluding hydrogens is 250 g/mol. The molecule has 18 heavy (non-hydrogen) atoms. The first kappa shape index (κ1) is 11.2. The van der Waals surface area contributed by atoms with Crippen LogP contribution in [0.15, 0.2) is 40.4 Å². The van der Waals surface area contributed by atoms with Crippen molar-refractivity contribution in [2.45, 2.75) is 9.92 Å². The molecule has 1 aliphatic rings. The monoisotopic (exact) mass is 261 g/mol. The summed E-state index contributed by atoms with van der Waals surface area (Å²) in [6, 6.07) is 7.63. The van der Waals surface area contributed by atoms with E-state index < -0.39 is 0 Å². The standard InChI is InChI=1S/C12H11N3O2S/c13-12-14-4-3-11(15-12)18-8-1-2-9-10(7-8)17-6-5-16-9/h1-4,7H,5-6H2,(H2,13,14,15). The Labute approximate surface area is 108 Å². The van der Waals surface area contributed by atoms with Crippen LogP contribution in [0, 0.1) is 0 Å². The molecule has 5 nitrogen and oxygen atoms in total. The minimum atomic E-state index is 0.276. The van der Waals surface area contributed by atoms with Crippen LogP contribution in [0.5, 0.6) is 11.5 Å². The van der Waals surface area contributed by atoms with Gasteiger partial charge in [0.2, 0.25) is 5.95 Å². The fourth-order valence-corrected chi connectivity index (χ4v) is 2.43. The molecule has 0 aliphatic carbocycles. The minimum absolute atomic E-state index is 0.276. The van der Waals surface area contributed by atoms with Gasteiger partial charge in [-0.1, -0.05) is 11.8 Å². The Morgan fingerprint density at radius 2 is 1.94 bits per heavy atom. The van der Waals surface area contributed by atoms with Crippen LogP contribution in [0.3, 0.4) is 0 Å². The number of nitrogens with zero attached hydrogens (tertiary/aromatic N) is 2. The number of anilines is 1. The molecule has 2 heterocycles. The predicted octanol–water partition coefficient (Wildman–Crippen LogP) is 1.98. The first-order valence-corrected chi connectivity index (χ1v) is 6.29. The molecule has 0 amide bonds. The Kier molecular flexibility index (Phi) is 2.93. The molecule has 0 radical (unpaired) electrons. The quantitative estimate of drug-likeness (QED) is 0.833. The van der Waals surface area contributed by atoms with Crippen LogP contribution in [0.2, 0.25) is 0 Å². The van der Waals surface area contributed by atoms with Crippen LogP contribution in [0.1, 0.15) is 0 Å². The van der Waals surface area contributed by atoms with Crippen molar-refractivity contribution in [3.63, 3.8) is 0 Å². The van der Waals surface area contributed by atoms with Gasteiger partial charge in [0.1, 0.15) is 18.2 Å². The van der Waals surface area contributed by atoms with E-state index in [0.717, 1.165) is 21.4 Å². The largest absolute Gasteiger partial charge is 0.486 e. The van der Waals surface area contributed by atoms with Gasteiger partial charge in [-0.25, -0.2) is 9.97 Å². The number of benzene rings is 1. The molecule has 1 aromatic carbocycles. The number of fused-ring (bicyclic) bond motifs is 1. The van der Waals surface area contributed by atoms with Gasteiger partial charge in [-0.15, -0.1) is 0 Å². The SMILES string of the molecule is Nc1nccc(Sc2ccc3c(c2)OCCO3)n1. The average molecular weight is 261 g/mol. The number of nitrogen functional groups attached to an aromatic ring is 1. The lowest BCUT2D eigenvalue weighted by atomic mass is 10.3. The Morgan fingerprint density at radius 1 is 1.11 bits per heavy atom. The van der Waals surface area contributed by atoms with Crippen molar-refractivity contribution >= 4 is 17.7 Å². The van der Waals surface area contributed by atoms with Crippen LogP contribution < -0.4 is 15.2 Å². The van der Waals surface area contributed by atoms with E-state index in [-0.39, 0.29) is 5.95 Å². The highest BCUT2D eigenvalue weighted by atomic mass is 32.2. The van der Waals surface area contributed by atoms with Crippen LogP contribution in [0.25, 0.3) is 0 Å². The fourth-order valence-electron chi connectivity index (χ4n) is 1.62. The summed E-state index contributed by atoms with van der Waals surface area (Å²) >= 11 is 1.51. The molecule has 0 unspecified atom stereocenters. The van der Waals surface area contributed by atoms with Crippen LogP contribution in [-0.2, 0) is 0 Å². The van der Waals surface area contributed by atoms with Gasteiger partial charge in [-0.05, 0) is 24.3 Å². The maximum absolute atomic E-state index is 5.54. The number of hydrogen-bond donors (Lipinski definition) is 1. The van der Waals surface area contributed by atoms with Crippen molar-refractivity contribution < 1.29 is 9.47 Å². The minimum Gasteiger partial charge on any atom is -0.486 e. The first-order chi connectivity index (χ1) is 8.81. The second kappa shape index (κ2) is 4.73. The molecule has 2 aromatic rings. The van der Waals surface area contributed by atoms with Gasteiger partial charge in [-0.3, -0.25) is 0 Å². The van der Waals surface area contributed by atoms with Crippen LogP contribution in [-0.4, -0.2) is 23.2 Å². The van der Waals surface area contributed by atoms with Crippen LogP contribution in [0.4, 0.5) is 5.95 Å². The number of ether oxygens (including phenoxy) is 2. The molecule has 0 spiro atoms. The molecule has 1 aliphatic heterocycles. The van der Waals surface area contributed by atoms with E-state index in [4.69, 9.17) is 15.2 Å². The van der Waals surface area contributed by atoms with E-state index >= 15 is 0 Å². The molecule has 1 aromatic heterocycles. The summed E-state index contributed by atoms with van der Waals surface area (Å²) in [4.78, 5) is 9.02. The molecule has 0 bridgehead atoms. The Balaban J connectivity index is 1.85. The summed E-state index contributed by atoms with van der Waals surface area (Å²) in [5.41, 5.74) is 5.54.